The van der Waals surface area contributed by atoms with Gasteiger partial charge in [-0.05, 0) is 44.2 Å². The maximum atomic E-state index is 6.25. The quantitative estimate of drug-likeness (QED) is 0.806. The molecule has 1 aromatic carbocycles. The Morgan fingerprint density at radius 1 is 1.22 bits per heavy atom. The molecule has 1 heterocycles. The van der Waals surface area contributed by atoms with E-state index in [2.05, 4.69) is 13.0 Å². The van der Waals surface area contributed by atoms with Gasteiger partial charge in [-0.2, -0.15) is 0 Å². The van der Waals surface area contributed by atoms with Gasteiger partial charge in [0.05, 0.1) is 11.7 Å². The van der Waals surface area contributed by atoms with Crippen LogP contribution < -0.4 is 4.74 Å². The third-order valence-electron chi connectivity index (χ3n) is 4.37. The number of ether oxygens (including phenoxy) is 2. The van der Waals surface area contributed by atoms with Crippen molar-refractivity contribution in [2.24, 2.45) is 0 Å². The highest BCUT2D eigenvalue weighted by Gasteiger charge is 2.42. The molecule has 1 saturated heterocycles. The summed E-state index contributed by atoms with van der Waals surface area (Å²) in [5.74, 6) is 0.994. The minimum atomic E-state index is 0.222. The second kappa shape index (κ2) is 4.93. The van der Waals surface area contributed by atoms with Gasteiger partial charge in [0, 0.05) is 0 Å². The summed E-state index contributed by atoms with van der Waals surface area (Å²) in [4.78, 5) is 0. The van der Waals surface area contributed by atoms with Crippen molar-refractivity contribution in [3.05, 3.63) is 29.8 Å². The molecule has 0 N–H and O–H groups in total. The summed E-state index contributed by atoms with van der Waals surface area (Å²) in [6.45, 7) is 2.79. The lowest BCUT2D eigenvalue weighted by atomic mass is 9.98. The predicted molar refractivity (Wildman–Crippen MR) is 72.0 cm³/mol. The number of para-hydroxylation sites is 1. The van der Waals surface area contributed by atoms with Gasteiger partial charge in [0.2, 0.25) is 0 Å². The normalized spacial score (nSPS) is 25.7. The molecule has 18 heavy (non-hydrogen) atoms. The first-order chi connectivity index (χ1) is 8.77. The van der Waals surface area contributed by atoms with Crippen LogP contribution in [0, 0.1) is 6.92 Å². The average Bonchev–Trinajstić information content (AvgIpc) is 3.00. The molecule has 1 aliphatic heterocycles. The van der Waals surface area contributed by atoms with Crippen LogP contribution in [-0.4, -0.2) is 18.3 Å². The first-order valence-corrected chi connectivity index (χ1v) is 7.14. The van der Waals surface area contributed by atoms with Gasteiger partial charge >= 0.3 is 0 Å². The van der Waals surface area contributed by atoms with Gasteiger partial charge in [-0.3, -0.25) is 0 Å². The molecular weight excluding hydrogens is 224 g/mol. The molecule has 1 unspecified atom stereocenters. The van der Waals surface area contributed by atoms with Crippen LogP contribution in [0.2, 0.25) is 0 Å². The lowest BCUT2D eigenvalue weighted by Crippen LogP contribution is -2.27. The fourth-order valence-electron chi connectivity index (χ4n) is 3.30. The van der Waals surface area contributed by atoms with E-state index in [0.717, 1.165) is 12.2 Å². The highest BCUT2D eigenvalue weighted by atomic mass is 16.6. The van der Waals surface area contributed by atoms with Crippen molar-refractivity contribution in [2.45, 2.75) is 57.2 Å². The van der Waals surface area contributed by atoms with E-state index in [1.54, 1.807) is 0 Å². The monoisotopic (exact) mass is 246 g/mol. The second-order valence-corrected chi connectivity index (χ2v) is 5.75. The molecule has 0 bridgehead atoms. The van der Waals surface area contributed by atoms with Crippen LogP contribution in [0.3, 0.4) is 0 Å². The first kappa shape index (κ1) is 12.0. The Hall–Kier alpha value is -1.02. The average molecular weight is 246 g/mol. The highest BCUT2D eigenvalue weighted by molar-refractivity contribution is 5.31. The van der Waals surface area contributed by atoms with Crippen LogP contribution in [0.25, 0.3) is 0 Å². The molecule has 1 saturated carbocycles. The van der Waals surface area contributed by atoms with Crippen LogP contribution >= 0.6 is 0 Å². The Labute approximate surface area is 109 Å². The number of hydrogen-bond acceptors (Lipinski definition) is 2. The van der Waals surface area contributed by atoms with Crippen molar-refractivity contribution in [2.75, 3.05) is 6.61 Å². The molecule has 0 aromatic heterocycles. The Bertz CT molecular complexity index is 407. The van der Waals surface area contributed by atoms with E-state index in [1.165, 1.54) is 37.7 Å². The van der Waals surface area contributed by atoms with Gasteiger partial charge in [-0.15, -0.1) is 0 Å². The largest absolute Gasteiger partial charge is 0.491 e. The van der Waals surface area contributed by atoms with Gasteiger partial charge in [0.15, 0.2) is 0 Å². The zero-order valence-corrected chi connectivity index (χ0v) is 11.2. The summed E-state index contributed by atoms with van der Waals surface area (Å²) in [5, 5.41) is 0. The third-order valence-corrected chi connectivity index (χ3v) is 4.37. The lowest BCUT2D eigenvalue weighted by Gasteiger charge is -2.23. The maximum absolute atomic E-state index is 6.25. The van der Waals surface area contributed by atoms with Gasteiger partial charge < -0.3 is 9.47 Å². The Morgan fingerprint density at radius 2 is 2.00 bits per heavy atom. The molecule has 1 atom stereocenters. The molecule has 2 fully saturated rings. The van der Waals surface area contributed by atoms with E-state index in [4.69, 9.17) is 9.47 Å². The van der Waals surface area contributed by atoms with Crippen molar-refractivity contribution in [1.29, 1.82) is 0 Å². The standard InChI is InChI=1S/C16H22O2/c1-13-6-2-3-7-15(13)17-12-14-8-11-16(18-14)9-4-5-10-16/h2-3,6-7,14H,4-5,8-12H2,1H3. The first-order valence-electron chi connectivity index (χ1n) is 7.14. The van der Waals surface area contributed by atoms with E-state index >= 15 is 0 Å². The number of aryl methyl sites for hydroxylation is 1. The van der Waals surface area contributed by atoms with Crippen molar-refractivity contribution in [3.8, 4) is 5.75 Å². The smallest absolute Gasteiger partial charge is 0.122 e. The number of benzene rings is 1. The molecule has 2 aliphatic rings. The van der Waals surface area contributed by atoms with E-state index in [9.17, 15) is 0 Å². The molecule has 3 rings (SSSR count). The minimum Gasteiger partial charge on any atom is -0.491 e. The molecule has 98 valence electrons. The summed E-state index contributed by atoms with van der Waals surface area (Å²) >= 11 is 0. The van der Waals surface area contributed by atoms with Gasteiger partial charge in [-0.1, -0.05) is 31.0 Å². The van der Waals surface area contributed by atoms with Crippen LogP contribution in [0.5, 0.6) is 5.75 Å². The summed E-state index contributed by atoms with van der Waals surface area (Å²) in [6.07, 6.45) is 7.88. The van der Waals surface area contributed by atoms with E-state index in [1.807, 2.05) is 18.2 Å². The molecule has 1 aliphatic carbocycles. The summed E-state index contributed by atoms with van der Waals surface area (Å²) in [5.41, 5.74) is 1.42. The third kappa shape index (κ3) is 2.39. The van der Waals surface area contributed by atoms with Crippen molar-refractivity contribution in [3.63, 3.8) is 0 Å². The fourth-order valence-corrected chi connectivity index (χ4v) is 3.30. The van der Waals surface area contributed by atoms with Gasteiger partial charge in [-0.25, -0.2) is 0 Å². The number of rotatable bonds is 3. The van der Waals surface area contributed by atoms with Crippen LogP contribution in [0.1, 0.15) is 44.1 Å². The van der Waals surface area contributed by atoms with Crippen LogP contribution in [0.4, 0.5) is 0 Å². The molecule has 1 spiro atoms. The SMILES string of the molecule is Cc1ccccc1OCC1CCC2(CCCC2)O1. The highest BCUT2D eigenvalue weighted by Crippen LogP contribution is 2.43. The van der Waals surface area contributed by atoms with Gasteiger partial charge in [0.25, 0.3) is 0 Å². The molecule has 2 nitrogen and oxygen atoms in total. The van der Waals surface area contributed by atoms with E-state index < -0.39 is 0 Å². The lowest BCUT2D eigenvalue weighted by molar-refractivity contribution is -0.0509. The Balaban J connectivity index is 1.54. The Kier molecular flexibility index (Phi) is 3.29. The van der Waals surface area contributed by atoms with Gasteiger partial charge in [0.1, 0.15) is 12.4 Å². The molecular formula is C16H22O2. The molecule has 1 aromatic rings. The minimum absolute atomic E-state index is 0.222. The zero-order valence-electron chi connectivity index (χ0n) is 11.2. The topological polar surface area (TPSA) is 18.5 Å². The van der Waals surface area contributed by atoms with Crippen molar-refractivity contribution < 1.29 is 9.47 Å². The summed E-state index contributed by atoms with van der Waals surface area (Å²) in [6, 6.07) is 8.19. The van der Waals surface area contributed by atoms with Crippen LogP contribution in [-0.2, 0) is 4.74 Å². The van der Waals surface area contributed by atoms with Crippen molar-refractivity contribution in [1.82, 2.24) is 0 Å². The molecule has 0 radical (unpaired) electrons. The number of hydrogen-bond donors (Lipinski definition) is 0. The maximum Gasteiger partial charge on any atom is 0.122 e. The zero-order chi connectivity index (χ0) is 12.4. The second-order valence-electron chi connectivity index (χ2n) is 5.75. The fraction of sp³-hybridized carbons (Fsp3) is 0.625. The molecule has 2 heteroatoms. The van der Waals surface area contributed by atoms with E-state index in [0.29, 0.717) is 12.7 Å². The summed E-state index contributed by atoms with van der Waals surface area (Å²) < 4.78 is 12.1. The predicted octanol–water partition coefficient (Wildman–Crippen LogP) is 3.87. The van der Waals surface area contributed by atoms with E-state index in [-0.39, 0.29) is 5.60 Å². The summed E-state index contributed by atoms with van der Waals surface area (Å²) in [7, 11) is 0. The van der Waals surface area contributed by atoms with Crippen molar-refractivity contribution >= 4 is 0 Å². The molecule has 0 amide bonds. The van der Waals surface area contributed by atoms with Crippen LogP contribution in [0.15, 0.2) is 24.3 Å². The Morgan fingerprint density at radius 3 is 2.78 bits per heavy atom.